The average molecular weight is 456 g/mol. The predicted octanol–water partition coefficient (Wildman–Crippen LogP) is 3.42. The fourth-order valence-electron chi connectivity index (χ4n) is 3.08. The lowest BCUT2D eigenvalue weighted by atomic mass is 10.2. The summed E-state index contributed by atoms with van der Waals surface area (Å²) in [4.78, 5) is 24.7. The van der Waals surface area contributed by atoms with Gasteiger partial charge < -0.3 is 20.1 Å². The molecule has 0 aliphatic carbocycles. The smallest absolute Gasteiger partial charge is 0.286 e. The van der Waals surface area contributed by atoms with E-state index in [1.54, 1.807) is 24.3 Å². The molecule has 3 aromatic rings. The van der Waals surface area contributed by atoms with E-state index in [1.165, 1.54) is 24.3 Å². The van der Waals surface area contributed by atoms with Gasteiger partial charge in [0.2, 0.25) is 5.01 Å². The molecule has 10 heteroatoms. The molecule has 4 rings (SSSR count). The lowest BCUT2D eigenvalue weighted by molar-refractivity contribution is 0.0857. The summed E-state index contributed by atoms with van der Waals surface area (Å²) in [6, 6.07) is 12.2. The van der Waals surface area contributed by atoms with E-state index in [0.29, 0.717) is 28.6 Å². The number of hydrogen-bond acceptors (Lipinski definition) is 7. The van der Waals surface area contributed by atoms with Gasteiger partial charge in [-0.05, 0) is 61.4 Å². The highest BCUT2D eigenvalue weighted by atomic mass is 32.1. The Morgan fingerprint density at radius 1 is 1.09 bits per heavy atom. The van der Waals surface area contributed by atoms with Crippen LogP contribution in [0.15, 0.2) is 48.5 Å². The van der Waals surface area contributed by atoms with Crippen molar-refractivity contribution in [3.63, 3.8) is 0 Å². The van der Waals surface area contributed by atoms with Gasteiger partial charge in [0.25, 0.3) is 11.8 Å². The number of anilines is 1. The number of benzene rings is 2. The maximum atomic E-state index is 12.9. The second-order valence-corrected chi connectivity index (χ2v) is 8.18. The summed E-state index contributed by atoms with van der Waals surface area (Å²) in [5.41, 5.74) is 1.03. The molecule has 2 aromatic carbocycles. The zero-order valence-electron chi connectivity index (χ0n) is 17.0. The van der Waals surface area contributed by atoms with Gasteiger partial charge in [0, 0.05) is 24.4 Å². The molecule has 1 fully saturated rings. The Kier molecular flexibility index (Phi) is 7.03. The first kappa shape index (κ1) is 21.8. The fraction of sp³-hybridized carbons (Fsp3) is 0.273. The first-order valence-electron chi connectivity index (χ1n) is 10.1. The quantitative estimate of drug-likeness (QED) is 0.539. The molecule has 0 radical (unpaired) electrons. The third kappa shape index (κ3) is 5.86. The van der Waals surface area contributed by atoms with Gasteiger partial charge in [-0.3, -0.25) is 9.59 Å². The van der Waals surface area contributed by atoms with Crippen molar-refractivity contribution in [1.82, 2.24) is 15.5 Å². The van der Waals surface area contributed by atoms with Crippen molar-refractivity contribution in [2.45, 2.75) is 25.6 Å². The van der Waals surface area contributed by atoms with Gasteiger partial charge in [-0.1, -0.05) is 11.3 Å². The van der Waals surface area contributed by atoms with Gasteiger partial charge in [0.05, 0.1) is 6.10 Å². The first-order chi connectivity index (χ1) is 15.6. The van der Waals surface area contributed by atoms with Crippen LogP contribution in [0, 0.1) is 5.82 Å². The van der Waals surface area contributed by atoms with Crippen LogP contribution < -0.4 is 15.4 Å². The first-order valence-corrected chi connectivity index (χ1v) is 10.9. The molecule has 2 N–H and O–H groups in total. The summed E-state index contributed by atoms with van der Waals surface area (Å²) >= 11 is 1.10. The lowest BCUT2D eigenvalue weighted by Crippen LogP contribution is -2.31. The van der Waals surface area contributed by atoms with Crippen molar-refractivity contribution >= 4 is 28.8 Å². The van der Waals surface area contributed by atoms with Crippen molar-refractivity contribution in [2.24, 2.45) is 0 Å². The van der Waals surface area contributed by atoms with Crippen LogP contribution in [0.1, 0.15) is 38.0 Å². The zero-order valence-corrected chi connectivity index (χ0v) is 17.9. The van der Waals surface area contributed by atoms with Crippen molar-refractivity contribution in [1.29, 1.82) is 0 Å². The van der Waals surface area contributed by atoms with Crippen LogP contribution in [-0.4, -0.2) is 41.3 Å². The molecule has 0 saturated carbocycles. The van der Waals surface area contributed by atoms with E-state index < -0.39 is 5.91 Å². The molecule has 0 bridgehead atoms. The van der Waals surface area contributed by atoms with E-state index >= 15 is 0 Å². The summed E-state index contributed by atoms with van der Waals surface area (Å²) in [6.07, 6.45) is 2.05. The summed E-state index contributed by atoms with van der Waals surface area (Å²) < 4.78 is 23.9. The van der Waals surface area contributed by atoms with Crippen LogP contribution in [0.5, 0.6) is 5.75 Å². The SMILES string of the molecule is O=C(NCC1CCCO1)c1ccc(NC(=O)c2nnc(COc3ccc(F)cc3)s2)cc1. The Hall–Kier alpha value is -3.37. The van der Waals surface area contributed by atoms with Crippen LogP contribution in [0.3, 0.4) is 0 Å². The van der Waals surface area contributed by atoms with Crippen LogP contribution in [0.25, 0.3) is 0 Å². The molecule has 1 aliphatic heterocycles. The number of rotatable bonds is 8. The third-order valence-corrected chi connectivity index (χ3v) is 5.65. The number of aromatic nitrogens is 2. The largest absolute Gasteiger partial charge is 0.486 e. The van der Waals surface area contributed by atoms with E-state index in [-0.39, 0.29) is 29.4 Å². The molecule has 166 valence electrons. The molecule has 1 saturated heterocycles. The molecule has 32 heavy (non-hydrogen) atoms. The van der Waals surface area contributed by atoms with Gasteiger partial charge in [-0.15, -0.1) is 10.2 Å². The molecule has 0 spiro atoms. The monoisotopic (exact) mass is 456 g/mol. The number of nitrogens with one attached hydrogen (secondary N) is 2. The molecular formula is C22H21FN4O4S. The molecule has 2 amide bonds. The Bertz CT molecular complexity index is 1070. The summed E-state index contributed by atoms with van der Waals surface area (Å²) in [5, 5.41) is 14.1. The van der Waals surface area contributed by atoms with Gasteiger partial charge in [-0.25, -0.2) is 4.39 Å². The van der Waals surface area contributed by atoms with Crippen molar-refractivity contribution in [3.8, 4) is 5.75 Å². The van der Waals surface area contributed by atoms with E-state index in [0.717, 1.165) is 30.8 Å². The Labute approximate surface area is 187 Å². The van der Waals surface area contributed by atoms with Crippen molar-refractivity contribution in [3.05, 3.63) is 69.9 Å². The molecule has 8 nitrogen and oxygen atoms in total. The maximum Gasteiger partial charge on any atom is 0.286 e. The maximum absolute atomic E-state index is 12.9. The molecule has 2 heterocycles. The van der Waals surface area contributed by atoms with E-state index in [9.17, 15) is 14.0 Å². The van der Waals surface area contributed by atoms with E-state index in [2.05, 4.69) is 20.8 Å². The van der Waals surface area contributed by atoms with Crippen molar-refractivity contribution < 1.29 is 23.5 Å². The fourth-order valence-corrected chi connectivity index (χ4v) is 3.73. The standard InChI is InChI=1S/C22H21FN4O4S/c23-15-5-9-17(10-6-15)31-13-19-26-27-22(32-19)21(29)25-16-7-3-14(4-8-16)20(28)24-12-18-2-1-11-30-18/h3-10,18H,1-2,11-13H2,(H,24,28)(H,25,29). The molecule has 1 atom stereocenters. The van der Waals surface area contributed by atoms with Gasteiger partial charge in [0.1, 0.15) is 18.2 Å². The summed E-state index contributed by atoms with van der Waals surface area (Å²) in [7, 11) is 0. The average Bonchev–Trinajstić information content (AvgIpc) is 3.50. The minimum atomic E-state index is -0.411. The summed E-state index contributed by atoms with van der Waals surface area (Å²) in [6.45, 7) is 1.35. The van der Waals surface area contributed by atoms with Crippen LogP contribution in [0.4, 0.5) is 10.1 Å². The molecule has 1 unspecified atom stereocenters. The van der Waals surface area contributed by atoms with Gasteiger partial charge in [-0.2, -0.15) is 0 Å². The Morgan fingerprint density at radius 3 is 2.59 bits per heavy atom. The topological polar surface area (TPSA) is 102 Å². The second kappa shape index (κ2) is 10.3. The Balaban J connectivity index is 1.27. The lowest BCUT2D eigenvalue weighted by Gasteiger charge is -2.11. The van der Waals surface area contributed by atoms with E-state index in [4.69, 9.17) is 9.47 Å². The third-order valence-electron chi connectivity index (χ3n) is 4.76. The Morgan fingerprint density at radius 2 is 1.88 bits per heavy atom. The number of halogens is 1. The number of nitrogens with zero attached hydrogens (tertiary/aromatic N) is 2. The number of carbonyl (C=O) groups excluding carboxylic acids is 2. The van der Waals surface area contributed by atoms with Crippen molar-refractivity contribution in [2.75, 3.05) is 18.5 Å². The second-order valence-electron chi connectivity index (χ2n) is 7.12. The molecule has 1 aromatic heterocycles. The predicted molar refractivity (Wildman–Crippen MR) is 116 cm³/mol. The molecular weight excluding hydrogens is 435 g/mol. The highest BCUT2D eigenvalue weighted by Gasteiger charge is 2.17. The number of amides is 2. The number of carbonyl (C=O) groups is 2. The normalized spacial score (nSPS) is 15.3. The minimum Gasteiger partial charge on any atom is -0.486 e. The highest BCUT2D eigenvalue weighted by molar-refractivity contribution is 7.13. The van der Waals surface area contributed by atoms with Crippen LogP contribution in [-0.2, 0) is 11.3 Å². The number of hydrogen-bond donors (Lipinski definition) is 2. The molecule has 1 aliphatic rings. The summed E-state index contributed by atoms with van der Waals surface area (Å²) in [5.74, 6) is -0.452. The van der Waals surface area contributed by atoms with Crippen LogP contribution in [0.2, 0.25) is 0 Å². The van der Waals surface area contributed by atoms with Gasteiger partial charge in [0.15, 0.2) is 5.01 Å². The number of ether oxygens (including phenoxy) is 2. The van der Waals surface area contributed by atoms with Crippen LogP contribution >= 0.6 is 11.3 Å². The van der Waals surface area contributed by atoms with Gasteiger partial charge >= 0.3 is 0 Å². The zero-order chi connectivity index (χ0) is 22.3. The highest BCUT2D eigenvalue weighted by Crippen LogP contribution is 2.18. The minimum absolute atomic E-state index is 0.0791. The van der Waals surface area contributed by atoms with E-state index in [1.807, 2.05) is 0 Å².